The molecule has 0 atom stereocenters. The van der Waals surface area contributed by atoms with E-state index in [2.05, 4.69) is 10.4 Å². The lowest BCUT2D eigenvalue weighted by Crippen LogP contribution is -2.28. The molecule has 0 amide bonds. The van der Waals surface area contributed by atoms with Crippen molar-refractivity contribution < 1.29 is 4.74 Å². The quantitative estimate of drug-likeness (QED) is 0.900. The Kier molecular flexibility index (Phi) is 3.60. The predicted molar refractivity (Wildman–Crippen MR) is 78.6 cm³/mol. The minimum Gasteiger partial charge on any atom is -0.381 e. The molecule has 1 fully saturated rings. The van der Waals surface area contributed by atoms with E-state index in [4.69, 9.17) is 4.74 Å². The Morgan fingerprint density at radius 3 is 2.75 bits per heavy atom. The van der Waals surface area contributed by atoms with E-state index in [1.165, 1.54) is 0 Å². The van der Waals surface area contributed by atoms with E-state index in [9.17, 15) is 4.79 Å². The minimum atomic E-state index is -0.0382. The Morgan fingerprint density at radius 1 is 1.30 bits per heavy atom. The third kappa shape index (κ3) is 2.63. The highest BCUT2D eigenvalue weighted by molar-refractivity contribution is 5.61. The van der Waals surface area contributed by atoms with E-state index in [-0.39, 0.29) is 5.56 Å². The number of para-hydroxylation sites is 2. The number of aryl methyl sites for hydroxylation is 1. The maximum Gasteiger partial charge on any atom is 0.271 e. The molecule has 0 bridgehead atoms. The van der Waals surface area contributed by atoms with E-state index in [0.717, 1.165) is 43.1 Å². The van der Waals surface area contributed by atoms with Crippen LogP contribution in [0.1, 0.15) is 18.5 Å². The van der Waals surface area contributed by atoms with Crippen LogP contribution in [0, 0.1) is 6.92 Å². The van der Waals surface area contributed by atoms with Crippen LogP contribution in [-0.4, -0.2) is 29.0 Å². The minimum absolute atomic E-state index is 0.0382. The van der Waals surface area contributed by atoms with Crippen molar-refractivity contribution in [1.82, 2.24) is 9.78 Å². The molecular formula is C15H19N3O2. The van der Waals surface area contributed by atoms with Crippen molar-refractivity contribution in [1.29, 1.82) is 0 Å². The van der Waals surface area contributed by atoms with Crippen LogP contribution in [0.15, 0.2) is 35.1 Å². The first kappa shape index (κ1) is 13.0. The number of aromatic amines is 1. The molecule has 20 heavy (non-hydrogen) atoms. The summed E-state index contributed by atoms with van der Waals surface area (Å²) in [6.45, 7) is 3.47. The Hall–Kier alpha value is -2.01. The van der Waals surface area contributed by atoms with E-state index in [1.807, 2.05) is 31.2 Å². The molecule has 0 aliphatic carbocycles. The number of H-pyrrole nitrogens is 1. The van der Waals surface area contributed by atoms with E-state index in [0.29, 0.717) is 6.04 Å². The molecule has 0 radical (unpaired) electrons. The maximum atomic E-state index is 12.0. The van der Waals surface area contributed by atoms with Crippen LogP contribution < -0.4 is 10.9 Å². The lowest BCUT2D eigenvalue weighted by molar-refractivity contribution is 0.0904. The molecule has 2 N–H and O–H groups in total. The highest BCUT2D eigenvalue weighted by Gasteiger charge is 2.15. The summed E-state index contributed by atoms with van der Waals surface area (Å²) in [6, 6.07) is 9.87. The number of anilines is 1. The van der Waals surface area contributed by atoms with Crippen molar-refractivity contribution in [3.8, 4) is 5.69 Å². The molecule has 0 saturated carbocycles. The molecule has 106 valence electrons. The Morgan fingerprint density at radius 2 is 2.05 bits per heavy atom. The number of nitrogens with one attached hydrogen (secondary N) is 2. The number of rotatable bonds is 3. The summed E-state index contributed by atoms with van der Waals surface area (Å²) in [5.74, 6) is 0. The summed E-state index contributed by atoms with van der Waals surface area (Å²) in [6.07, 6.45) is 1.99. The van der Waals surface area contributed by atoms with Crippen molar-refractivity contribution in [3.63, 3.8) is 0 Å². The number of hydrogen-bond donors (Lipinski definition) is 2. The lowest BCUT2D eigenvalue weighted by Gasteiger charge is -2.25. The average molecular weight is 273 g/mol. The van der Waals surface area contributed by atoms with Gasteiger partial charge in [0, 0.05) is 31.0 Å². The van der Waals surface area contributed by atoms with Crippen LogP contribution in [-0.2, 0) is 4.74 Å². The zero-order valence-corrected chi connectivity index (χ0v) is 11.6. The van der Waals surface area contributed by atoms with Crippen molar-refractivity contribution in [2.24, 2.45) is 0 Å². The van der Waals surface area contributed by atoms with Gasteiger partial charge in [-0.3, -0.25) is 9.89 Å². The summed E-state index contributed by atoms with van der Waals surface area (Å²) in [5.41, 5.74) is 2.65. The largest absolute Gasteiger partial charge is 0.381 e. The first-order valence-corrected chi connectivity index (χ1v) is 6.96. The van der Waals surface area contributed by atoms with Gasteiger partial charge in [-0.1, -0.05) is 12.1 Å². The van der Waals surface area contributed by atoms with Gasteiger partial charge in [-0.25, -0.2) is 4.68 Å². The van der Waals surface area contributed by atoms with Crippen LogP contribution in [0.4, 0.5) is 5.69 Å². The summed E-state index contributed by atoms with van der Waals surface area (Å²) in [4.78, 5) is 12.0. The zero-order valence-electron chi connectivity index (χ0n) is 11.6. The van der Waals surface area contributed by atoms with Crippen LogP contribution in [0.2, 0.25) is 0 Å². The van der Waals surface area contributed by atoms with E-state index in [1.54, 1.807) is 10.7 Å². The van der Waals surface area contributed by atoms with Crippen LogP contribution in [0.3, 0.4) is 0 Å². The number of benzene rings is 1. The van der Waals surface area contributed by atoms with Gasteiger partial charge in [-0.05, 0) is 31.9 Å². The summed E-state index contributed by atoms with van der Waals surface area (Å²) in [7, 11) is 0. The van der Waals surface area contributed by atoms with Crippen LogP contribution in [0.5, 0.6) is 0 Å². The first-order chi connectivity index (χ1) is 9.74. The lowest BCUT2D eigenvalue weighted by atomic mass is 10.1. The molecule has 5 nitrogen and oxygen atoms in total. The monoisotopic (exact) mass is 273 g/mol. The number of ether oxygens (including phenoxy) is 1. The molecule has 2 aromatic rings. The Bertz CT molecular complexity index is 639. The highest BCUT2D eigenvalue weighted by atomic mass is 16.5. The molecule has 5 heteroatoms. The van der Waals surface area contributed by atoms with Gasteiger partial charge in [0.2, 0.25) is 0 Å². The standard InChI is InChI=1S/C15H19N3O2/c1-11-10-15(19)18(17-11)14-5-3-2-4-13(14)16-12-6-8-20-9-7-12/h2-5,10,12,16-17H,6-9H2,1H3. The molecule has 0 spiro atoms. The smallest absolute Gasteiger partial charge is 0.271 e. The average Bonchev–Trinajstić information content (AvgIpc) is 2.79. The molecule has 3 rings (SSSR count). The predicted octanol–water partition coefficient (Wildman–Crippen LogP) is 2.06. The summed E-state index contributed by atoms with van der Waals surface area (Å²) >= 11 is 0. The SMILES string of the molecule is Cc1cc(=O)n(-c2ccccc2NC2CCOCC2)[nH]1. The van der Waals surface area contributed by atoms with E-state index < -0.39 is 0 Å². The van der Waals surface area contributed by atoms with Crippen LogP contribution in [0.25, 0.3) is 5.69 Å². The van der Waals surface area contributed by atoms with Gasteiger partial charge >= 0.3 is 0 Å². The molecular weight excluding hydrogens is 254 g/mol. The molecule has 1 aliphatic heterocycles. The third-order valence-electron chi connectivity index (χ3n) is 3.57. The Balaban J connectivity index is 1.91. The van der Waals surface area contributed by atoms with Gasteiger partial charge in [0.15, 0.2) is 0 Å². The van der Waals surface area contributed by atoms with Crippen molar-refractivity contribution in [2.45, 2.75) is 25.8 Å². The second kappa shape index (κ2) is 5.54. The van der Waals surface area contributed by atoms with Gasteiger partial charge in [0.25, 0.3) is 5.56 Å². The normalized spacial score (nSPS) is 16.2. The second-order valence-electron chi connectivity index (χ2n) is 5.16. The molecule has 2 heterocycles. The molecule has 0 unspecified atom stereocenters. The highest BCUT2D eigenvalue weighted by Crippen LogP contribution is 2.21. The van der Waals surface area contributed by atoms with Crippen molar-refractivity contribution >= 4 is 5.69 Å². The fourth-order valence-electron chi connectivity index (χ4n) is 2.54. The maximum absolute atomic E-state index is 12.0. The van der Waals surface area contributed by atoms with Crippen molar-refractivity contribution in [3.05, 3.63) is 46.4 Å². The molecule has 1 aromatic carbocycles. The first-order valence-electron chi connectivity index (χ1n) is 6.96. The van der Waals surface area contributed by atoms with Gasteiger partial charge < -0.3 is 10.1 Å². The molecule has 1 saturated heterocycles. The number of aromatic nitrogens is 2. The number of hydrogen-bond acceptors (Lipinski definition) is 3. The second-order valence-corrected chi connectivity index (χ2v) is 5.16. The number of nitrogens with zero attached hydrogens (tertiary/aromatic N) is 1. The van der Waals surface area contributed by atoms with Gasteiger partial charge in [-0.2, -0.15) is 0 Å². The Labute approximate surface area is 117 Å². The third-order valence-corrected chi connectivity index (χ3v) is 3.57. The van der Waals surface area contributed by atoms with Crippen molar-refractivity contribution in [2.75, 3.05) is 18.5 Å². The summed E-state index contributed by atoms with van der Waals surface area (Å²) < 4.78 is 6.95. The topological polar surface area (TPSA) is 59.1 Å². The zero-order chi connectivity index (χ0) is 13.9. The van der Waals surface area contributed by atoms with Crippen LogP contribution >= 0.6 is 0 Å². The fourth-order valence-corrected chi connectivity index (χ4v) is 2.54. The molecule has 1 aromatic heterocycles. The van der Waals surface area contributed by atoms with E-state index >= 15 is 0 Å². The van der Waals surface area contributed by atoms with Gasteiger partial charge in [-0.15, -0.1) is 0 Å². The molecule has 1 aliphatic rings. The van der Waals surface area contributed by atoms with Gasteiger partial charge in [0.1, 0.15) is 0 Å². The summed E-state index contributed by atoms with van der Waals surface area (Å²) in [5, 5.41) is 6.60. The van der Waals surface area contributed by atoms with Gasteiger partial charge in [0.05, 0.1) is 11.4 Å². The fraction of sp³-hybridized carbons (Fsp3) is 0.400.